The SMILES string of the molecule is O=S(=O)(O)OC(F)(F)C(F)CC(F)(F)F. The molecule has 0 aromatic carbocycles. The molecule has 1 atom stereocenters. The summed E-state index contributed by atoms with van der Waals surface area (Å²) in [4.78, 5) is 0. The fourth-order valence-electron chi connectivity index (χ4n) is 0.515. The van der Waals surface area contributed by atoms with E-state index in [4.69, 9.17) is 4.55 Å². The van der Waals surface area contributed by atoms with Gasteiger partial charge in [0.15, 0.2) is 0 Å². The van der Waals surface area contributed by atoms with Crippen molar-refractivity contribution in [3.63, 3.8) is 0 Å². The monoisotopic (exact) mass is 262 g/mol. The van der Waals surface area contributed by atoms with E-state index in [1.54, 1.807) is 0 Å². The van der Waals surface area contributed by atoms with Crippen LogP contribution in [0.5, 0.6) is 0 Å². The molecule has 0 aromatic rings. The Morgan fingerprint density at radius 1 is 1.20 bits per heavy atom. The summed E-state index contributed by atoms with van der Waals surface area (Å²) in [6, 6.07) is 0. The summed E-state index contributed by atoms with van der Waals surface area (Å²) < 4.78 is 101. The first-order valence-electron chi connectivity index (χ1n) is 3.10. The van der Waals surface area contributed by atoms with Gasteiger partial charge in [-0.25, -0.2) is 4.39 Å². The predicted molar refractivity (Wildman–Crippen MR) is 33.1 cm³/mol. The molecule has 11 heteroatoms. The van der Waals surface area contributed by atoms with Crippen molar-refractivity contribution in [3.8, 4) is 0 Å². The Balaban J connectivity index is 4.60. The molecule has 0 rings (SSSR count). The molecule has 0 saturated heterocycles. The van der Waals surface area contributed by atoms with Gasteiger partial charge in [-0.15, -0.1) is 0 Å². The molecule has 92 valence electrons. The zero-order chi connectivity index (χ0) is 12.5. The van der Waals surface area contributed by atoms with Gasteiger partial charge in [-0.3, -0.25) is 4.55 Å². The van der Waals surface area contributed by atoms with Crippen LogP contribution < -0.4 is 0 Å². The number of hydrogen-bond donors (Lipinski definition) is 1. The van der Waals surface area contributed by atoms with Crippen molar-refractivity contribution in [1.82, 2.24) is 0 Å². The summed E-state index contributed by atoms with van der Waals surface area (Å²) in [6.07, 6.45) is -17.1. The molecular formula is C4H4F6O4S. The minimum Gasteiger partial charge on any atom is -0.263 e. The second-order valence-electron chi connectivity index (χ2n) is 2.36. The van der Waals surface area contributed by atoms with Crippen molar-refractivity contribution >= 4 is 10.4 Å². The van der Waals surface area contributed by atoms with Crippen LogP contribution in [0.3, 0.4) is 0 Å². The molecule has 1 N–H and O–H groups in total. The van der Waals surface area contributed by atoms with Gasteiger partial charge in [0.1, 0.15) is 0 Å². The van der Waals surface area contributed by atoms with E-state index in [0.717, 1.165) is 0 Å². The van der Waals surface area contributed by atoms with Crippen molar-refractivity contribution in [2.24, 2.45) is 0 Å². The Hall–Kier alpha value is -0.550. The lowest BCUT2D eigenvalue weighted by atomic mass is 10.2. The summed E-state index contributed by atoms with van der Waals surface area (Å²) in [6.45, 7) is 0. The first-order chi connectivity index (χ1) is 6.33. The van der Waals surface area contributed by atoms with Gasteiger partial charge in [0.25, 0.3) is 0 Å². The molecular weight excluding hydrogens is 258 g/mol. The maximum Gasteiger partial charge on any atom is 0.402 e. The summed E-state index contributed by atoms with van der Waals surface area (Å²) >= 11 is 0. The molecule has 0 aromatic heterocycles. The quantitative estimate of drug-likeness (QED) is 0.618. The minimum absolute atomic E-state index is 2.45. The fraction of sp³-hybridized carbons (Fsp3) is 1.00. The largest absolute Gasteiger partial charge is 0.402 e. The van der Waals surface area contributed by atoms with Crippen LogP contribution in [-0.4, -0.2) is 31.4 Å². The van der Waals surface area contributed by atoms with E-state index in [1.807, 2.05) is 0 Å². The lowest BCUT2D eigenvalue weighted by Crippen LogP contribution is -2.38. The van der Waals surface area contributed by atoms with Crippen LogP contribution in [-0.2, 0) is 14.6 Å². The van der Waals surface area contributed by atoms with Crippen molar-refractivity contribution in [3.05, 3.63) is 0 Å². The van der Waals surface area contributed by atoms with Crippen molar-refractivity contribution in [2.75, 3.05) is 0 Å². The second kappa shape index (κ2) is 4.14. The highest BCUT2D eigenvalue weighted by Gasteiger charge is 2.50. The van der Waals surface area contributed by atoms with E-state index in [-0.39, 0.29) is 0 Å². The van der Waals surface area contributed by atoms with E-state index >= 15 is 0 Å². The molecule has 0 aliphatic carbocycles. The third-order valence-corrected chi connectivity index (χ3v) is 1.42. The summed E-state index contributed by atoms with van der Waals surface area (Å²) in [5.41, 5.74) is 0. The van der Waals surface area contributed by atoms with Crippen LogP contribution in [0, 0.1) is 0 Å². The van der Waals surface area contributed by atoms with Gasteiger partial charge < -0.3 is 0 Å². The summed E-state index contributed by atoms with van der Waals surface area (Å²) in [5, 5.41) is 0. The Morgan fingerprint density at radius 3 is 1.87 bits per heavy atom. The number of halogens is 6. The average Bonchev–Trinajstić information content (AvgIpc) is 1.75. The third-order valence-electron chi connectivity index (χ3n) is 0.992. The summed E-state index contributed by atoms with van der Waals surface area (Å²) in [7, 11) is -5.74. The zero-order valence-electron chi connectivity index (χ0n) is 6.63. The number of hydrogen-bond acceptors (Lipinski definition) is 3. The first kappa shape index (κ1) is 14.5. The molecule has 0 saturated carbocycles. The molecule has 0 heterocycles. The zero-order valence-corrected chi connectivity index (χ0v) is 7.45. The van der Waals surface area contributed by atoms with Crippen LogP contribution >= 0.6 is 0 Å². The molecule has 0 spiro atoms. The van der Waals surface area contributed by atoms with Crippen LogP contribution in [0.15, 0.2) is 0 Å². The van der Waals surface area contributed by atoms with Crippen molar-refractivity contribution < 1.29 is 43.5 Å². The maximum atomic E-state index is 12.2. The third kappa shape index (κ3) is 6.52. The standard InChI is InChI=1S/C4H4F6O4S/c5-2(1-3(6,7)8)4(9,10)14-15(11,12)13/h2H,1H2,(H,11,12,13). The highest BCUT2D eigenvalue weighted by atomic mass is 32.3. The molecule has 0 fully saturated rings. The predicted octanol–water partition coefficient (Wildman–Crippen LogP) is 1.69. The molecule has 0 aliphatic rings. The lowest BCUT2D eigenvalue weighted by Gasteiger charge is -2.19. The van der Waals surface area contributed by atoms with Gasteiger partial charge in [-0.05, 0) is 0 Å². The molecule has 0 bridgehead atoms. The van der Waals surface area contributed by atoms with Crippen LogP contribution in [0.25, 0.3) is 0 Å². The molecule has 0 radical (unpaired) electrons. The van der Waals surface area contributed by atoms with Gasteiger partial charge in [0, 0.05) is 0 Å². The van der Waals surface area contributed by atoms with Gasteiger partial charge in [0.2, 0.25) is 6.17 Å². The van der Waals surface area contributed by atoms with Crippen LogP contribution in [0.1, 0.15) is 6.42 Å². The van der Waals surface area contributed by atoms with E-state index in [9.17, 15) is 34.8 Å². The maximum absolute atomic E-state index is 12.2. The highest BCUT2D eigenvalue weighted by molar-refractivity contribution is 7.80. The Morgan fingerprint density at radius 2 is 1.60 bits per heavy atom. The molecule has 4 nitrogen and oxygen atoms in total. The lowest BCUT2D eigenvalue weighted by molar-refractivity contribution is -0.248. The first-order valence-corrected chi connectivity index (χ1v) is 4.47. The smallest absolute Gasteiger partial charge is 0.263 e. The highest BCUT2D eigenvalue weighted by Crippen LogP contribution is 2.33. The Bertz CT molecular complexity index is 308. The summed E-state index contributed by atoms with van der Waals surface area (Å²) in [5.74, 6) is 0. The molecule has 0 aliphatic heterocycles. The van der Waals surface area contributed by atoms with Crippen molar-refractivity contribution in [2.45, 2.75) is 24.9 Å². The van der Waals surface area contributed by atoms with Crippen LogP contribution in [0.2, 0.25) is 0 Å². The van der Waals surface area contributed by atoms with E-state index in [0.29, 0.717) is 0 Å². The topological polar surface area (TPSA) is 63.6 Å². The Labute approximate surface area is 79.8 Å². The number of rotatable bonds is 4. The van der Waals surface area contributed by atoms with E-state index < -0.39 is 35.3 Å². The van der Waals surface area contributed by atoms with Gasteiger partial charge in [-0.2, -0.15) is 34.6 Å². The van der Waals surface area contributed by atoms with Crippen LogP contribution in [0.4, 0.5) is 26.3 Å². The van der Waals surface area contributed by atoms with E-state index in [1.165, 1.54) is 0 Å². The molecule has 1 unspecified atom stereocenters. The molecule has 15 heavy (non-hydrogen) atoms. The van der Waals surface area contributed by atoms with E-state index in [2.05, 4.69) is 4.18 Å². The average molecular weight is 262 g/mol. The van der Waals surface area contributed by atoms with Gasteiger partial charge >= 0.3 is 22.7 Å². The molecule has 0 amide bonds. The minimum atomic E-state index is -5.74. The fourth-order valence-corrected chi connectivity index (χ4v) is 0.900. The second-order valence-corrected chi connectivity index (χ2v) is 3.38. The van der Waals surface area contributed by atoms with Crippen molar-refractivity contribution in [1.29, 1.82) is 0 Å². The normalized spacial score (nSPS) is 16.5. The Kier molecular flexibility index (Phi) is 3.98. The van der Waals surface area contributed by atoms with Gasteiger partial charge in [-0.1, -0.05) is 0 Å². The van der Waals surface area contributed by atoms with Gasteiger partial charge in [0.05, 0.1) is 6.42 Å². The number of alkyl halides is 6.